The summed E-state index contributed by atoms with van der Waals surface area (Å²) in [6.07, 6.45) is 3.56. The lowest BCUT2D eigenvalue weighted by molar-refractivity contribution is -0.133. The number of nitrogens with one attached hydrogen (secondary N) is 1. The second kappa shape index (κ2) is 10.1. The topological polar surface area (TPSA) is 69.0 Å². The number of aliphatic imine (C=N–C) groups is 1. The molecule has 1 aromatic rings. The predicted molar refractivity (Wildman–Crippen MR) is 116 cm³/mol. The van der Waals surface area contributed by atoms with Crippen LogP contribution in [-0.2, 0) is 18.4 Å². The van der Waals surface area contributed by atoms with E-state index in [0.717, 1.165) is 70.3 Å². The molecular weight excluding hydrogens is 366 g/mol. The number of amides is 1. The molecule has 2 aliphatic rings. The number of piperazine rings is 1. The Morgan fingerprint density at radius 3 is 2.31 bits per heavy atom. The van der Waals surface area contributed by atoms with Gasteiger partial charge in [-0.3, -0.25) is 14.4 Å². The summed E-state index contributed by atoms with van der Waals surface area (Å²) < 4.78 is 1.92. The molecule has 0 aromatic carbocycles. The van der Waals surface area contributed by atoms with Crippen LogP contribution in [0.4, 0.5) is 0 Å². The first kappa shape index (κ1) is 21.6. The van der Waals surface area contributed by atoms with Crippen LogP contribution in [-0.4, -0.2) is 88.7 Å². The minimum Gasteiger partial charge on any atom is -0.357 e. The third-order valence-corrected chi connectivity index (χ3v) is 6.12. The van der Waals surface area contributed by atoms with Crippen LogP contribution in [0.1, 0.15) is 43.1 Å². The van der Waals surface area contributed by atoms with Crippen molar-refractivity contribution in [2.45, 2.75) is 46.6 Å². The Balaban J connectivity index is 1.54. The van der Waals surface area contributed by atoms with Crippen LogP contribution in [0.2, 0.25) is 0 Å². The van der Waals surface area contributed by atoms with Gasteiger partial charge in [-0.25, -0.2) is 4.99 Å². The van der Waals surface area contributed by atoms with Crippen LogP contribution in [0.25, 0.3) is 0 Å². The first-order chi connectivity index (χ1) is 14.0. The molecule has 1 aromatic heterocycles. The molecule has 8 nitrogen and oxygen atoms in total. The van der Waals surface area contributed by atoms with Gasteiger partial charge in [0.05, 0.1) is 18.8 Å². The zero-order chi connectivity index (χ0) is 20.8. The highest BCUT2D eigenvalue weighted by Gasteiger charge is 2.24. The average Bonchev–Trinajstić information content (AvgIpc) is 2.98. The van der Waals surface area contributed by atoms with E-state index in [-0.39, 0.29) is 0 Å². The summed E-state index contributed by atoms with van der Waals surface area (Å²) in [6, 6.07) is 0. The number of rotatable bonds is 5. The quantitative estimate of drug-likeness (QED) is 0.590. The van der Waals surface area contributed by atoms with Crippen LogP contribution in [0, 0.1) is 13.8 Å². The normalized spacial score (nSPS) is 19.0. The first-order valence-corrected chi connectivity index (χ1v) is 11.0. The summed E-state index contributed by atoms with van der Waals surface area (Å²) in [4.78, 5) is 24.1. The third kappa shape index (κ3) is 5.50. The van der Waals surface area contributed by atoms with Gasteiger partial charge in [0, 0.05) is 64.1 Å². The average molecular weight is 404 g/mol. The number of carbonyl (C=O) groups is 1. The monoisotopic (exact) mass is 403 g/mol. The fraction of sp³-hybridized carbons (Fsp3) is 0.762. The van der Waals surface area contributed by atoms with Gasteiger partial charge in [0.15, 0.2) is 5.96 Å². The number of aromatic nitrogens is 2. The highest BCUT2D eigenvalue weighted by atomic mass is 16.2. The fourth-order valence-corrected chi connectivity index (χ4v) is 4.18. The van der Waals surface area contributed by atoms with Gasteiger partial charge >= 0.3 is 0 Å². The zero-order valence-electron chi connectivity index (χ0n) is 18.6. The summed E-state index contributed by atoms with van der Waals surface area (Å²) in [6.45, 7) is 13.7. The van der Waals surface area contributed by atoms with E-state index in [9.17, 15) is 4.79 Å². The molecule has 0 bridgehead atoms. The number of piperidine rings is 1. The standard InChI is InChI=1S/C21H37N7O/c1-5-22-21(23-15-19-17(2)24-25(4)18(19)3)28-13-11-26(12-14-28)16-20(29)27-9-7-6-8-10-27/h5-16H2,1-4H3,(H,22,23). The Bertz CT molecular complexity index is 713. The number of carbonyl (C=O) groups excluding carboxylic acids is 1. The van der Waals surface area contributed by atoms with Crippen LogP contribution in [0.15, 0.2) is 4.99 Å². The van der Waals surface area contributed by atoms with Crippen LogP contribution in [0.3, 0.4) is 0 Å². The van der Waals surface area contributed by atoms with E-state index in [1.807, 2.05) is 23.6 Å². The van der Waals surface area contributed by atoms with E-state index >= 15 is 0 Å². The number of aryl methyl sites for hydroxylation is 2. The smallest absolute Gasteiger partial charge is 0.236 e. The number of hydrogen-bond donors (Lipinski definition) is 1. The summed E-state index contributed by atoms with van der Waals surface area (Å²) in [7, 11) is 1.98. The molecule has 2 fully saturated rings. The van der Waals surface area contributed by atoms with Crippen LogP contribution >= 0.6 is 0 Å². The molecule has 1 amide bonds. The fourth-order valence-electron chi connectivity index (χ4n) is 4.18. The van der Waals surface area contributed by atoms with Crippen LogP contribution < -0.4 is 5.32 Å². The van der Waals surface area contributed by atoms with E-state index in [2.05, 4.69) is 34.1 Å². The van der Waals surface area contributed by atoms with Crippen molar-refractivity contribution in [3.05, 3.63) is 17.0 Å². The Hall–Kier alpha value is -2.09. The lowest BCUT2D eigenvalue weighted by Gasteiger charge is -2.37. The van der Waals surface area contributed by atoms with Crippen LogP contribution in [0.5, 0.6) is 0 Å². The van der Waals surface area contributed by atoms with Gasteiger partial charge in [-0.1, -0.05) is 0 Å². The van der Waals surface area contributed by atoms with E-state index in [0.29, 0.717) is 19.0 Å². The lowest BCUT2D eigenvalue weighted by atomic mass is 10.1. The summed E-state index contributed by atoms with van der Waals surface area (Å²) in [5.74, 6) is 1.25. The molecule has 3 rings (SSSR count). The molecule has 8 heteroatoms. The van der Waals surface area contributed by atoms with Gasteiger partial charge in [0.25, 0.3) is 0 Å². The molecule has 0 radical (unpaired) electrons. The van der Waals surface area contributed by atoms with Gasteiger partial charge in [-0.2, -0.15) is 5.10 Å². The van der Waals surface area contributed by atoms with Crippen molar-refractivity contribution >= 4 is 11.9 Å². The van der Waals surface area contributed by atoms with Crippen molar-refractivity contribution in [2.75, 3.05) is 52.4 Å². The molecule has 162 valence electrons. The lowest BCUT2D eigenvalue weighted by Crippen LogP contribution is -2.54. The van der Waals surface area contributed by atoms with Crippen molar-refractivity contribution in [1.29, 1.82) is 0 Å². The maximum Gasteiger partial charge on any atom is 0.236 e. The molecule has 29 heavy (non-hydrogen) atoms. The van der Waals surface area contributed by atoms with Gasteiger partial charge < -0.3 is 15.1 Å². The number of nitrogens with zero attached hydrogens (tertiary/aromatic N) is 6. The summed E-state index contributed by atoms with van der Waals surface area (Å²) in [5.41, 5.74) is 3.42. The van der Waals surface area contributed by atoms with E-state index < -0.39 is 0 Å². The van der Waals surface area contributed by atoms with E-state index in [4.69, 9.17) is 4.99 Å². The minimum atomic E-state index is 0.293. The third-order valence-electron chi connectivity index (χ3n) is 6.12. The maximum absolute atomic E-state index is 12.5. The molecule has 1 N–H and O–H groups in total. The molecule has 0 atom stereocenters. The van der Waals surface area contributed by atoms with Gasteiger partial charge in [0.1, 0.15) is 0 Å². The molecule has 2 saturated heterocycles. The van der Waals surface area contributed by atoms with Gasteiger partial charge in [-0.15, -0.1) is 0 Å². The molecular formula is C21H37N7O. The largest absolute Gasteiger partial charge is 0.357 e. The van der Waals surface area contributed by atoms with E-state index in [1.54, 1.807) is 0 Å². The molecule has 0 saturated carbocycles. The maximum atomic E-state index is 12.5. The predicted octanol–water partition coefficient (Wildman–Crippen LogP) is 1.13. The Morgan fingerprint density at radius 1 is 1.03 bits per heavy atom. The second-order valence-corrected chi connectivity index (χ2v) is 8.15. The van der Waals surface area contributed by atoms with Gasteiger partial charge in [-0.05, 0) is 40.0 Å². The molecule has 3 heterocycles. The zero-order valence-corrected chi connectivity index (χ0v) is 18.6. The molecule has 0 unspecified atom stereocenters. The molecule has 0 aliphatic carbocycles. The molecule has 2 aliphatic heterocycles. The second-order valence-electron chi connectivity index (χ2n) is 8.15. The number of hydrogen-bond acceptors (Lipinski definition) is 4. The van der Waals surface area contributed by atoms with E-state index in [1.165, 1.54) is 17.7 Å². The highest BCUT2D eigenvalue weighted by Crippen LogP contribution is 2.14. The van der Waals surface area contributed by atoms with Crippen molar-refractivity contribution < 1.29 is 4.79 Å². The minimum absolute atomic E-state index is 0.293. The summed E-state index contributed by atoms with van der Waals surface area (Å²) >= 11 is 0. The van der Waals surface area contributed by atoms with Crippen molar-refractivity contribution in [2.24, 2.45) is 12.0 Å². The number of guanidine groups is 1. The van der Waals surface area contributed by atoms with Crippen molar-refractivity contribution in [3.63, 3.8) is 0 Å². The summed E-state index contributed by atoms with van der Waals surface area (Å²) in [5, 5.41) is 7.92. The first-order valence-electron chi connectivity index (χ1n) is 11.0. The highest BCUT2D eigenvalue weighted by molar-refractivity contribution is 5.80. The Labute approximate surface area is 174 Å². The Morgan fingerprint density at radius 2 is 1.72 bits per heavy atom. The molecule has 0 spiro atoms. The SMILES string of the molecule is CCNC(=NCc1c(C)nn(C)c1C)N1CCN(CC(=O)N2CCCCC2)CC1. The number of likely N-dealkylation sites (tertiary alicyclic amines) is 1. The van der Waals surface area contributed by atoms with Gasteiger partial charge in [0.2, 0.25) is 5.91 Å². The van der Waals surface area contributed by atoms with Crippen molar-refractivity contribution in [1.82, 2.24) is 29.8 Å². The Kier molecular flexibility index (Phi) is 7.52. The van der Waals surface area contributed by atoms with Crippen molar-refractivity contribution in [3.8, 4) is 0 Å².